The molecule has 4 rings (SSSR count). The van der Waals surface area contributed by atoms with E-state index in [1.807, 2.05) is 0 Å². The van der Waals surface area contributed by atoms with Gasteiger partial charge in [0.05, 0.1) is 28.3 Å². The molecule has 3 heterocycles. The van der Waals surface area contributed by atoms with E-state index in [2.05, 4.69) is 25.5 Å². The topological polar surface area (TPSA) is 97.2 Å². The summed E-state index contributed by atoms with van der Waals surface area (Å²) in [7, 11) is 0. The monoisotopic (exact) mass is 480 g/mol. The zero-order valence-corrected chi connectivity index (χ0v) is 18.0. The average molecular weight is 480 g/mol. The van der Waals surface area contributed by atoms with E-state index in [9.17, 15) is 26.7 Å². The third kappa shape index (κ3) is 4.16. The summed E-state index contributed by atoms with van der Waals surface area (Å²) in [5.74, 6) is -2.60. The highest BCUT2D eigenvalue weighted by Gasteiger charge is 2.38. The molecular weight excluding hydrogens is 463 g/mol. The fourth-order valence-corrected chi connectivity index (χ4v) is 3.39. The van der Waals surface area contributed by atoms with Crippen molar-refractivity contribution in [1.29, 1.82) is 0 Å². The molecule has 1 amide bonds. The van der Waals surface area contributed by atoms with Crippen LogP contribution in [-0.2, 0) is 12.8 Å². The Kier molecular flexibility index (Phi) is 5.71. The number of fused-ring (bicyclic) bond motifs is 1. The maximum absolute atomic E-state index is 13.9. The minimum Gasteiger partial charge on any atom is -0.470 e. The van der Waals surface area contributed by atoms with Gasteiger partial charge in [0.2, 0.25) is 5.65 Å². The highest BCUT2D eigenvalue weighted by Crippen LogP contribution is 2.35. The third-order valence-corrected chi connectivity index (χ3v) is 4.95. The van der Waals surface area contributed by atoms with Gasteiger partial charge in [-0.05, 0) is 32.9 Å². The number of ether oxygens (including phenoxy) is 1. The number of carbonyl (C=O) groups is 1. The summed E-state index contributed by atoms with van der Waals surface area (Å²) in [6, 6.07) is 3.37. The number of aromatic amines is 1. The molecule has 0 spiro atoms. The molecule has 0 atom stereocenters. The van der Waals surface area contributed by atoms with Crippen LogP contribution in [0.3, 0.4) is 0 Å². The van der Waals surface area contributed by atoms with Crippen LogP contribution in [0.2, 0.25) is 0 Å². The van der Waals surface area contributed by atoms with Crippen molar-refractivity contribution in [3.8, 4) is 5.88 Å². The number of benzene rings is 1. The summed E-state index contributed by atoms with van der Waals surface area (Å²) in [5, 5.41) is 7.67. The lowest BCUT2D eigenvalue weighted by molar-refractivity contribution is -0.140. The van der Waals surface area contributed by atoms with Crippen LogP contribution in [0.25, 0.3) is 5.65 Å². The molecule has 0 radical (unpaired) electrons. The molecule has 0 aliphatic heterocycles. The number of amides is 1. The SMILES string of the molecule is Cc1cn2c(C(=O)Nc3c(C(F)(F)F)n[nH]c3C)c(C)nc2c(OCc2c(F)cccc2F)n1. The fourth-order valence-electron chi connectivity index (χ4n) is 3.39. The molecule has 4 aromatic rings. The Morgan fingerprint density at radius 3 is 2.47 bits per heavy atom. The molecule has 178 valence electrons. The van der Waals surface area contributed by atoms with Crippen molar-refractivity contribution in [2.45, 2.75) is 33.6 Å². The van der Waals surface area contributed by atoms with Crippen molar-refractivity contribution < 1.29 is 31.5 Å². The van der Waals surface area contributed by atoms with Crippen LogP contribution in [0, 0.1) is 32.4 Å². The Bertz CT molecular complexity index is 1390. The molecule has 8 nitrogen and oxygen atoms in total. The van der Waals surface area contributed by atoms with Gasteiger partial charge < -0.3 is 10.1 Å². The lowest BCUT2D eigenvalue weighted by Gasteiger charge is -2.11. The number of aryl methyl sites for hydroxylation is 3. The lowest BCUT2D eigenvalue weighted by atomic mass is 10.2. The van der Waals surface area contributed by atoms with Crippen molar-refractivity contribution in [3.05, 3.63) is 70.1 Å². The van der Waals surface area contributed by atoms with Gasteiger partial charge in [-0.2, -0.15) is 18.3 Å². The average Bonchev–Trinajstić information content (AvgIpc) is 3.26. The van der Waals surface area contributed by atoms with Gasteiger partial charge in [-0.3, -0.25) is 14.3 Å². The van der Waals surface area contributed by atoms with Crippen molar-refractivity contribution >= 4 is 17.2 Å². The fraction of sp³-hybridized carbons (Fsp3) is 0.238. The number of halogens is 5. The number of rotatable bonds is 5. The molecule has 0 aliphatic rings. The summed E-state index contributed by atoms with van der Waals surface area (Å²) in [5.41, 5.74) is -1.58. The van der Waals surface area contributed by atoms with Crippen LogP contribution in [0.4, 0.5) is 27.6 Å². The summed E-state index contributed by atoms with van der Waals surface area (Å²) in [6.45, 7) is 3.89. The van der Waals surface area contributed by atoms with Crippen LogP contribution in [0.5, 0.6) is 5.88 Å². The Balaban J connectivity index is 1.71. The van der Waals surface area contributed by atoms with E-state index < -0.39 is 41.7 Å². The number of anilines is 1. The number of nitrogens with one attached hydrogen (secondary N) is 2. The number of hydrogen-bond donors (Lipinski definition) is 2. The van der Waals surface area contributed by atoms with Crippen molar-refractivity contribution in [1.82, 2.24) is 24.6 Å². The Morgan fingerprint density at radius 2 is 1.82 bits per heavy atom. The van der Waals surface area contributed by atoms with Crippen LogP contribution in [0.1, 0.15) is 38.8 Å². The van der Waals surface area contributed by atoms with Crippen LogP contribution < -0.4 is 10.1 Å². The van der Waals surface area contributed by atoms with E-state index in [1.54, 1.807) is 6.92 Å². The zero-order chi connectivity index (χ0) is 24.8. The number of hydrogen-bond acceptors (Lipinski definition) is 5. The highest BCUT2D eigenvalue weighted by atomic mass is 19.4. The number of alkyl halides is 3. The summed E-state index contributed by atoms with van der Waals surface area (Å²) in [4.78, 5) is 21.4. The molecule has 2 N–H and O–H groups in total. The molecule has 3 aromatic heterocycles. The number of nitrogens with zero attached hydrogens (tertiary/aromatic N) is 4. The molecular formula is C21H17F5N6O2. The largest absolute Gasteiger partial charge is 0.470 e. The standard InChI is InChI=1S/C21H17F5N6O2/c1-9-7-32-16(19(33)29-15-10(2)30-31-17(15)21(24,25)26)11(3)28-18(32)20(27-9)34-8-12-13(22)5-4-6-14(12)23/h4-7H,8H2,1-3H3,(H,29,33)(H,30,31). The van der Waals surface area contributed by atoms with Crippen molar-refractivity contribution in [2.75, 3.05) is 5.32 Å². The maximum atomic E-state index is 13.9. The Labute approximate surface area is 188 Å². The predicted octanol–water partition coefficient (Wildman–Crippen LogP) is 4.51. The zero-order valence-electron chi connectivity index (χ0n) is 18.0. The van der Waals surface area contributed by atoms with Crippen LogP contribution in [-0.4, -0.2) is 30.5 Å². The van der Waals surface area contributed by atoms with E-state index in [0.29, 0.717) is 5.69 Å². The first-order valence-electron chi connectivity index (χ1n) is 9.83. The van der Waals surface area contributed by atoms with Crippen LogP contribution >= 0.6 is 0 Å². The maximum Gasteiger partial charge on any atom is 0.437 e. The van der Waals surface area contributed by atoms with Gasteiger partial charge in [0.1, 0.15) is 23.9 Å². The molecule has 1 aromatic carbocycles. The van der Waals surface area contributed by atoms with Gasteiger partial charge in [0.25, 0.3) is 11.8 Å². The van der Waals surface area contributed by atoms with Gasteiger partial charge in [-0.15, -0.1) is 0 Å². The first kappa shape index (κ1) is 23.1. The number of imidazole rings is 1. The normalized spacial score (nSPS) is 11.8. The quantitative estimate of drug-likeness (QED) is 0.410. The highest BCUT2D eigenvalue weighted by molar-refractivity contribution is 6.05. The van der Waals surface area contributed by atoms with Crippen LogP contribution in [0.15, 0.2) is 24.4 Å². The molecule has 13 heteroatoms. The summed E-state index contributed by atoms with van der Waals surface area (Å²) in [6.07, 6.45) is -3.35. The minimum atomic E-state index is -4.79. The van der Waals surface area contributed by atoms with E-state index in [-0.39, 0.29) is 34.2 Å². The second-order valence-electron chi connectivity index (χ2n) is 7.44. The van der Waals surface area contributed by atoms with Crippen molar-refractivity contribution in [3.63, 3.8) is 0 Å². The smallest absolute Gasteiger partial charge is 0.437 e. The van der Waals surface area contributed by atoms with Crippen molar-refractivity contribution in [2.24, 2.45) is 0 Å². The third-order valence-electron chi connectivity index (χ3n) is 4.95. The van der Waals surface area contributed by atoms with E-state index in [4.69, 9.17) is 4.74 Å². The number of aromatic nitrogens is 5. The summed E-state index contributed by atoms with van der Waals surface area (Å²) < 4.78 is 74.4. The Hall–Kier alpha value is -4.03. The molecule has 0 aliphatic carbocycles. The molecule has 34 heavy (non-hydrogen) atoms. The first-order valence-corrected chi connectivity index (χ1v) is 9.83. The minimum absolute atomic E-state index is 0.0148. The van der Waals surface area contributed by atoms with E-state index in [0.717, 1.165) is 12.1 Å². The van der Waals surface area contributed by atoms with E-state index >= 15 is 0 Å². The predicted molar refractivity (Wildman–Crippen MR) is 109 cm³/mol. The second-order valence-corrected chi connectivity index (χ2v) is 7.44. The molecule has 0 unspecified atom stereocenters. The molecule has 0 saturated carbocycles. The lowest BCUT2D eigenvalue weighted by Crippen LogP contribution is -2.19. The number of H-pyrrole nitrogens is 1. The second kappa shape index (κ2) is 8.39. The van der Waals surface area contributed by atoms with E-state index in [1.165, 1.54) is 30.5 Å². The van der Waals surface area contributed by atoms with Gasteiger partial charge in [-0.25, -0.2) is 18.7 Å². The first-order chi connectivity index (χ1) is 16.0. The summed E-state index contributed by atoms with van der Waals surface area (Å²) >= 11 is 0. The molecule has 0 bridgehead atoms. The van der Waals surface area contributed by atoms with Gasteiger partial charge in [-0.1, -0.05) is 6.07 Å². The molecule has 0 saturated heterocycles. The van der Waals surface area contributed by atoms with Gasteiger partial charge >= 0.3 is 6.18 Å². The molecule has 0 fully saturated rings. The number of carbonyl (C=O) groups excluding carboxylic acids is 1. The Morgan fingerprint density at radius 1 is 1.15 bits per heavy atom. The van der Waals surface area contributed by atoms with Gasteiger partial charge in [0, 0.05) is 6.20 Å². The van der Waals surface area contributed by atoms with Gasteiger partial charge in [0.15, 0.2) is 5.69 Å².